The number of hydrogen-bond acceptors (Lipinski definition) is 3. The maximum absolute atomic E-state index is 13.9. The fourth-order valence-electron chi connectivity index (χ4n) is 1.90. The molecule has 2 heterocycles. The molecule has 1 aromatic heterocycles. The first-order valence-electron chi connectivity index (χ1n) is 5.55. The zero-order chi connectivity index (χ0) is 11.8. The first kappa shape index (κ1) is 11.5. The lowest BCUT2D eigenvalue weighted by Gasteiger charge is -2.22. The predicted octanol–water partition coefficient (Wildman–Crippen LogP) is 1.92. The van der Waals surface area contributed by atoms with Crippen LogP contribution in [0.5, 0.6) is 0 Å². The van der Waals surface area contributed by atoms with Crippen LogP contribution in [0.2, 0.25) is 0 Å². The van der Waals surface area contributed by atoms with Crippen molar-refractivity contribution in [3.8, 4) is 0 Å². The van der Waals surface area contributed by atoms with Crippen molar-refractivity contribution in [1.29, 1.82) is 0 Å². The average Bonchev–Trinajstić information content (AvgIpc) is 2.65. The predicted molar refractivity (Wildman–Crippen MR) is 59.6 cm³/mol. The number of nitrogens with zero attached hydrogens (tertiary/aromatic N) is 1. The van der Waals surface area contributed by atoms with E-state index in [2.05, 4.69) is 4.98 Å². The molecule has 16 heavy (non-hydrogen) atoms. The van der Waals surface area contributed by atoms with Crippen molar-refractivity contribution < 1.29 is 9.13 Å². The molecule has 0 bridgehead atoms. The molecule has 1 aliphatic heterocycles. The minimum atomic E-state index is -0.750. The number of ether oxygens (including phenoxy) is 1. The normalized spacial score (nSPS) is 25.3. The summed E-state index contributed by atoms with van der Waals surface area (Å²) in [6.07, 6.45) is 2.33. The SMILES string of the molecule is CC(C)c1cnc(C2(N)CCOC2)c(F)c1. The molecule has 88 valence electrons. The lowest BCUT2D eigenvalue weighted by Crippen LogP contribution is -2.39. The van der Waals surface area contributed by atoms with E-state index < -0.39 is 5.54 Å². The van der Waals surface area contributed by atoms with Crippen LogP contribution in [0.15, 0.2) is 12.3 Å². The van der Waals surface area contributed by atoms with Crippen molar-refractivity contribution in [3.63, 3.8) is 0 Å². The van der Waals surface area contributed by atoms with Gasteiger partial charge in [-0.25, -0.2) is 4.39 Å². The Morgan fingerprint density at radius 2 is 2.31 bits per heavy atom. The number of pyridine rings is 1. The lowest BCUT2D eigenvalue weighted by molar-refractivity contribution is 0.176. The van der Waals surface area contributed by atoms with Crippen molar-refractivity contribution in [2.75, 3.05) is 13.2 Å². The topological polar surface area (TPSA) is 48.1 Å². The van der Waals surface area contributed by atoms with E-state index in [9.17, 15) is 4.39 Å². The lowest BCUT2D eigenvalue weighted by atomic mass is 9.93. The Labute approximate surface area is 94.8 Å². The van der Waals surface area contributed by atoms with Crippen molar-refractivity contribution in [2.24, 2.45) is 5.73 Å². The Hall–Kier alpha value is -1.00. The van der Waals surface area contributed by atoms with Gasteiger partial charge >= 0.3 is 0 Å². The van der Waals surface area contributed by atoms with Crippen LogP contribution >= 0.6 is 0 Å². The Morgan fingerprint density at radius 3 is 2.81 bits per heavy atom. The van der Waals surface area contributed by atoms with Crippen LogP contribution in [-0.4, -0.2) is 18.2 Å². The summed E-state index contributed by atoms with van der Waals surface area (Å²) in [6, 6.07) is 1.53. The largest absolute Gasteiger partial charge is 0.379 e. The van der Waals surface area contributed by atoms with Gasteiger partial charge in [0, 0.05) is 12.8 Å². The highest BCUT2D eigenvalue weighted by Crippen LogP contribution is 2.29. The second kappa shape index (κ2) is 4.11. The summed E-state index contributed by atoms with van der Waals surface area (Å²) in [5, 5.41) is 0. The third-order valence-electron chi connectivity index (χ3n) is 3.05. The van der Waals surface area contributed by atoms with Crippen LogP contribution in [-0.2, 0) is 10.3 Å². The molecule has 0 aromatic carbocycles. The molecule has 3 nitrogen and oxygen atoms in total. The van der Waals surface area contributed by atoms with Gasteiger partial charge < -0.3 is 10.5 Å². The van der Waals surface area contributed by atoms with Gasteiger partial charge in [-0.2, -0.15) is 0 Å². The first-order chi connectivity index (χ1) is 7.53. The monoisotopic (exact) mass is 224 g/mol. The van der Waals surface area contributed by atoms with Gasteiger partial charge in [0.15, 0.2) is 0 Å². The van der Waals surface area contributed by atoms with E-state index >= 15 is 0 Å². The Bertz CT molecular complexity index is 387. The molecule has 4 heteroatoms. The van der Waals surface area contributed by atoms with E-state index in [1.165, 1.54) is 6.07 Å². The van der Waals surface area contributed by atoms with Crippen LogP contribution in [0, 0.1) is 5.82 Å². The summed E-state index contributed by atoms with van der Waals surface area (Å²) in [6.45, 7) is 4.93. The second-order valence-electron chi connectivity index (χ2n) is 4.71. The van der Waals surface area contributed by atoms with Crippen molar-refractivity contribution in [1.82, 2.24) is 4.98 Å². The molecule has 1 aliphatic rings. The molecular formula is C12H17FN2O. The third-order valence-corrected chi connectivity index (χ3v) is 3.05. The van der Waals surface area contributed by atoms with Gasteiger partial charge in [0.25, 0.3) is 0 Å². The molecule has 2 N–H and O–H groups in total. The Kier molecular flexibility index (Phi) is 2.95. The van der Waals surface area contributed by atoms with E-state index in [0.29, 0.717) is 25.3 Å². The van der Waals surface area contributed by atoms with Crippen molar-refractivity contribution >= 4 is 0 Å². The molecule has 2 rings (SSSR count). The Morgan fingerprint density at radius 1 is 1.56 bits per heavy atom. The van der Waals surface area contributed by atoms with E-state index in [0.717, 1.165) is 5.56 Å². The molecular weight excluding hydrogens is 207 g/mol. The summed E-state index contributed by atoms with van der Waals surface area (Å²) in [7, 11) is 0. The number of halogens is 1. The fourth-order valence-corrected chi connectivity index (χ4v) is 1.90. The highest BCUT2D eigenvalue weighted by molar-refractivity contribution is 5.24. The fraction of sp³-hybridized carbons (Fsp3) is 0.583. The van der Waals surface area contributed by atoms with Gasteiger partial charge in [0.1, 0.15) is 5.82 Å². The molecule has 0 aliphatic carbocycles. The smallest absolute Gasteiger partial charge is 0.146 e. The summed E-state index contributed by atoms with van der Waals surface area (Å²) >= 11 is 0. The van der Waals surface area contributed by atoms with Gasteiger partial charge in [-0.3, -0.25) is 4.98 Å². The summed E-state index contributed by atoms with van der Waals surface area (Å²) in [4.78, 5) is 4.17. The van der Waals surface area contributed by atoms with Crippen LogP contribution in [0.4, 0.5) is 4.39 Å². The van der Waals surface area contributed by atoms with Crippen LogP contribution in [0.3, 0.4) is 0 Å². The molecule has 0 radical (unpaired) electrons. The van der Waals surface area contributed by atoms with Crippen molar-refractivity contribution in [3.05, 3.63) is 29.3 Å². The molecule has 1 saturated heterocycles. The molecule has 1 unspecified atom stereocenters. The summed E-state index contributed by atoms with van der Waals surface area (Å²) in [5.74, 6) is -0.0520. The molecule has 1 fully saturated rings. The molecule has 1 aromatic rings. The number of hydrogen-bond donors (Lipinski definition) is 1. The zero-order valence-corrected chi connectivity index (χ0v) is 9.66. The summed E-state index contributed by atoms with van der Waals surface area (Å²) in [5.41, 5.74) is 6.55. The van der Waals surface area contributed by atoms with E-state index in [-0.39, 0.29) is 11.7 Å². The Balaban J connectivity index is 2.35. The average molecular weight is 224 g/mol. The van der Waals surface area contributed by atoms with Crippen LogP contribution in [0.25, 0.3) is 0 Å². The van der Waals surface area contributed by atoms with Gasteiger partial charge in [0.05, 0.1) is 17.8 Å². The maximum Gasteiger partial charge on any atom is 0.146 e. The van der Waals surface area contributed by atoms with E-state index in [1.54, 1.807) is 6.20 Å². The molecule has 0 spiro atoms. The van der Waals surface area contributed by atoms with Gasteiger partial charge in [-0.1, -0.05) is 13.8 Å². The minimum absolute atomic E-state index is 0.268. The summed E-state index contributed by atoms with van der Waals surface area (Å²) < 4.78 is 19.1. The molecule has 0 saturated carbocycles. The van der Waals surface area contributed by atoms with Gasteiger partial charge in [-0.15, -0.1) is 0 Å². The van der Waals surface area contributed by atoms with Crippen LogP contribution in [0.1, 0.15) is 37.4 Å². The van der Waals surface area contributed by atoms with E-state index in [4.69, 9.17) is 10.5 Å². The number of nitrogens with two attached hydrogens (primary N) is 1. The zero-order valence-electron chi connectivity index (χ0n) is 9.66. The molecule has 0 amide bonds. The van der Waals surface area contributed by atoms with Gasteiger partial charge in [0.2, 0.25) is 0 Å². The third kappa shape index (κ3) is 1.95. The standard InChI is InChI=1S/C12H17FN2O/c1-8(2)9-5-10(13)11(15-6-9)12(14)3-4-16-7-12/h5-6,8H,3-4,7,14H2,1-2H3. The second-order valence-corrected chi connectivity index (χ2v) is 4.71. The highest BCUT2D eigenvalue weighted by atomic mass is 19.1. The highest BCUT2D eigenvalue weighted by Gasteiger charge is 2.36. The van der Waals surface area contributed by atoms with E-state index in [1.807, 2.05) is 13.8 Å². The quantitative estimate of drug-likeness (QED) is 0.834. The molecule has 1 atom stereocenters. The minimum Gasteiger partial charge on any atom is -0.379 e. The van der Waals surface area contributed by atoms with Gasteiger partial charge in [-0.05, 0) is 24.0 Å². The number of aromatic nitrogens is 1. The van der Waals surface area contributed by atoms with Crippen molar-refractivity contribution in [2.45, 2.75) is 31.7 Å². The van der Waals surface area contributed by atoms with Crippen LogP contribution < -0.4 is 5.73 Å². The maximum atomic E-state index is 13.9. The number of rotatable bonds is 2. The first-order valence-corrected chi connectivity index (χ1v) is 5.55.